The molecule has 0 aromatic heterocycles. The third-order valence-electron chi connectivity index (χ3n) is 3.16. The van der Waals surface area contributed by atoms with Crippen LogP contribution in [0.5, 0.6) is 0 Å². The van der Waals surface area contributed by atoms with Crippen molar-refractivity contribution in [3.8, 4) is 6.07 Å². The van der Waals surface area contributed by atoms with E-state index in [9.17, 15) is 9.59 Å². The zero-order chi connectivity index (χ0) is 14.3. The maximum Gasteiger partial charge on any atom is 0.326 e. The van der Waals surface area contributed by atoms with E-state index in [-0.39, 0.29) is 18.5 Å². The van der Waals surface area contributed by atoms with Crippen LogP contribution in [-0.4, -0.2) is 40.6 Å². The van der Waals surface area contributed by atoms with E-state index in [0.29, 0.717) is 13.0 Å². The highest BCUT2D eigenvalue weighted by Gasteiger charge is 2.33. The van der Waals surface area contributed by atoms with Gasteiger partial charge < -0.3 is 15.3 Å². The second kappa shape index (κ2) is 7.62. The molecule has 1 atom stereocenters. The van der Waals surface area contributed by atoms with Crippen LogP contribution in [0.3, 0.4) is 0 Å². The highest BCUT2D eigenvalue weighted by molar-refractivity contribution is 5.82. The summed E-state index contributed by atoms with van der Waals surface area (Å²) in [4.78, 5) is 24.7. The maximum absolute atomic E-state index is 12.1. The lowest BCUT2D eigenvalue weighted by atomic mass is 10.1. The van der Waals surface area contributed by atoms with E-state index in [2.05, 4.69) is 5.32 Å². The Kier molecular flexibility index (Phi) is 6.13. The van der Waals surface area contributed by atoms with Crippen LogP contribution >= 0.6 is 0 Å². The molecule has 0 aliphatic heterocycles. The van der Waals surface area contributed by atoms with Crippen LogP contribution in [-0.2, 0) is 4.79 Å². The van der Waals surface area contributed by atoms with Crippen LogP contribution in [0.2, 0.25) is 0 Å². The molecule has 2 N–H and O–H groups in total. The van der Waals surface area contributed by atoms with Gasteiger partial charge in [0.2, 0.25) is 0 Å². The fourth-order valence-corrected chi connectivity index (χ4v) is 1.90. The average molecular weight is 267 g/mol. The van der Waals surface area contributed by atoms with Crippen LogP contribution in [0.15, 0.2) is 0 Å². The molecule has 1 unspecified atom stereocenters. The van der Waals surface area contributed by atoms with E-state index in [1.807, 2.05) is 13.0 Å². The molecule has 1 fully saturated rings. The molecular formula is C13H21N3O3. The van der Waals surface area contributed by atoms with Crippen LogP contribution < -0.4 is 5.32 Å². The first-order valence-corrected chi connectivity index (χ1v) is 6.77. The fraction of sp³-hybridized carbons (Fsp3) is 0.769. The fourth-order valence-electron chi connectivity index (χ4n) is 1.90. The van der Waals surface area contributed by atoms with Gasteiger partial charge in [0.25, 0.3) is 0 Å². The SMILES string of the molecule is CCCCC(NC(=O)N(CCC#N)C1CC1)C(=O)O. The zero-order valence-electron chi connectivity index (χ0n) is 11.3. The summed E-state index contributed by atoms with van der Waals surface area (Å²) in [6.07, 6.45) is 4.24. The second-order valence-electron chi connectivity index (χ2n) is 4.82. The quantitative estimate of drug-likeness (QED) is 0.700. The Labute approximate surface area is 113 Å². The Bertz CT molecular complexity index is 361. The van der Waals surface area contributed by atoms with E-state index in [1.54, 1.807) is 4.90 Å². The number of hydrogen-bond acceptors (Lipinski definition) is 3. The van der Waals surface area contributed by atoms with Crippen LogP contribution in [0.25, 0.3) is 0 Å². The molecule has 2 amide bonds. The second-order valence-corrected chi connectivity index (χ2v) is 4.82. The largest absolute Gasteiger partial charge is 0.480 e. The molecule has 6 nitrogen and oxygen atoms in total. The minimum absolute atomic E-state index is 0.175. The van der Waals surface area contributed by atoms with Gasteiger partial charge in [-0.2, -0.15) is 5.26 Å². The van der Waals surface area contributed by atoms with Crippen LogP contribution in [0, 0.1) is 11.3 Å². The van der Waals surface area contributed by atoms with Crippen molar-refractivity contribution in [1.82, 2.24) is 10.2 Å². The molecule has 0 saturated heterocycles. The molecule has 6 heteroatoms. The number of nitrogens with zero attached hydrogens (tertiary/aromatic N) is 2. The Morgan fingerprint density at radius 2 is 2.21 bits per heavy atom. The number of carboxylic acids is 1. The van der Waals surface area contributed by atoms with Crippen molar-refractivity contribution in [2.24, 2.45) is 0 Å². The van der Waals surface area contributed by atoms with E-state index in [4.69, 9.17) is 10.4 Å². The number of hydrogen-bond donors (Lipinski definition) is 2. The standard InChI is InChI=1S/C13H21N3O3/c1-2-3-5-11(12(17)18)15-13(19)16(9-4-8-14)10-6-7-10/h10-11H,2-7,9H2,1H3,(H,15,19)(H,17,18). The van der Waals surface area contributed by atoms with Crippen LogP contribution in [0.4, 0.5) is 4.79 Å². The summed E-state index contributed by atoms with van der Waals surface area (Å²) in [5.41, 5.74) is 0. The first kappa shape index (κ1) is 15.3. The molecular weight excluding hydrogens is 246 g/mol. The molecule has 1 aliphatic rings. The van der Waals surface area contributed by atoms with Crippen molar-refractivity contribution in [1.29, 1.82) is 5.26 Å². The summed E-state index contributed by atoms with van der Waals surface area (Å²) in [5.74, 6) is -1.00. The Balaban J connectivity index is 2.52. The normalized spacial score (nSPS) is 15.4. The molecule has 1 aliphatic carbocycles. The van der Waals surface area contributed by atoms with E-state index >= 15 is 0 Å². The summed E-state index contributed by atoms with van der Waals surface area (Å²) in [6.45, 7) is 2.34. The van der Waals surface area contributed by atoms with Crippen molar-refractivity contribution >= 4 is 12.0 Å². The van der Waals surface area contributed by atoms with Crippen LogP contribution in [0.1, 0.15) is 45.4 Å². The average Bonchev–Trinajstić information content (AvgIpc) is 3.19. The first-order chi connectivity index (χ1) is 9.10. The summed E-state index contributed by atoms with van der Waals surface area (Å²) >= 11 is 0. The van der Waals surface area contributed by atoms with E-state index < -0.39 is 12.0 Å². The lowest BCUT2D eigenvalue weighted by molar-refractivity contribution is -0.139. The number of nitriles is 1. The smallest absolute Gasteiger partial charge is 0.326 e. The number of unbranched alkanes of at least 4 members (excludes halogenated alkanes) is 1. The summed E-state index contributed by atoms with van der Waals surface area (Å²) in [6, 6.07) is 0.986. The van der Waals surface area contributed by atoms with Gasteiger partial charge in [-0.3, -0.25) is 0 Å². The van der Waals surface area contributed by atoms with Gasteiger partial charge in [-0.15, -0.1) is 0 Å². The molecule has 0 aromatic rings. The lowest BCUT2D eigenvalue weighted by Gasteiger charge is -2.24. The predicted molar refractivity (Wildman–Crippen MR) is 69.4 cm³/mol. The number of carbonyl (C=O) groups is 2. The van der Waals surface area contributed by atoms with Crippen molar-refractivity contribution in [2.45, 2.75) is 57.5 Å². The molecule has 0 aromatic carbocycles. The van der Waals surface area contributed by atoms with Gasteiger partial charge in [0, 0.05) is 12.6 Å². The Hall–Kier alpha value is -1.77. The molecule has 0 heterocycles. The van der Waals surface area contributed by atoms with Gasteiger partial charge in [0.05, 0.1) is 12.5 Å². The number of nitrogens with one attached hydrogen (secondary N) is 1. The Morgan fingerprint density at radius 1 is 1.53 bits per heavy atom. The highest BCUT2D eigenvalue weighted by atomic mass is 16.4. The molecule has 19 heavy (non-hydrogen) atoms. The topological polar surface area (TPSA) is 93.4 Å². The third-order valence-corrected chi connectivity index (χ3v) is 3.16. The van der Waals surface area contributed by atoms with E-state index in [0.717, 1.165) is 25.7 Å². The van der Waals surface area contributed by atoms with Crippen molar-refractivity contribution in [3.05, 3.63) is 0 Å². The monoisotopic (exact) mass is 267 g/mol. The number of carbonyl (C=O) groups excluding carboxylic acids is 1. The number of rotatable bonds is 8. The Morgan fingerprint density at radius 3 is 2.68 bits per heavy atom. The van der Waals surface area contributed by atoms with Gasteiger partial charge in [0.1, 0.15) is 6.04 Å². The highest BCUT2D eigenvalue weighted by Crippen LogP contribution is 2.27. The van der Waals surface area contributed by atoms with Gasteiger partial charge in [-0.1, -0.05) is 19.8 Å². The number of amides is 2. The third kappa shape index (κ3) is 5.16. The number of aliphatic carboxylic acids is 1. The predicted octanol–water partition coefficient (Wildman–Crippen LogP) is 1.72. The molecule has 0 bridgehead atoms. The first-order valence-electron chi connectivity index (χ1n) is 6.77. The summed E-state index contributed by atoms with van der Waals surface area (Å²) in [5, 5.41) is 20.2. The molecule has 0 spiro atoms. The van der Waals surface area contributed by atoms with Gasteiger partial charge in [-0.05, 0) is 19.3 Å². The molecule has 0 radical (unpaired) electrons. The number of urea groups is 1. The zero-order valence-corrected chi connectivity index (χ0v) is 11.3. The van der Waals surface area contributed by atoms with Gasteiger partial charge >= 0.3 is 12.0 Å². The maximum atomic E-state index is 12.1. The molecule has 1 rings (SSSR count). The molecule has 106 valence electrons. The lowest BCUT2D eigenvalue weighted by Crippen LogP contribution is -2.49. The van der Waals surface area contributed by atoms with Gasteiger partial charge in [0.15, 0.2) is 0 Å². The van der Waals surface area contributed by atoms with Crippen molar-refractivity contribution < 1.29 is 14.7 Å². The van der Waals surface area contributed by atoms with Gasteiger partial charge in [-0.25, -0.2) is 9.59 Å². The van der Waals surface area contributed by atoms with Crippen molar-refractivity contribution in [3.63, 3.8) is 0 Å². The minimum Gasteiger partial charge on any atom is -0.480 e. The minimum atomic E-state index is -1.00. The van der Waals surface area contributed by atoms with E-state index in [1.165, 1.54) is 0 Å². The number of carboxylic acid groups (broad SMARTS) is 1. The van der Waals surface area contributed by atoms with Crippen molar-refractivity contribution in [2.75, 3.05) is 6.54 Å². The summed E-state index contributed by atoms with van der Waals surface area (Å²) < 4.78 is 0. The summed E-state index contributed by atoms with van der Waals surface area (Å²) in [7, 11) is 0. The molecule has 1 saturated carbocycles.